The molecule has 33 heavy (non-hydrogen) atoms. The number of rotatable bonds is 3. The minimum absolute atomic E-state index is 0.424. The SMILES string of the molecule is CN(C(=NC#N)c1cn2c(n1)-c1cc(-c3ccccc3)ccc1OCC2)c1ccccc1Cl. The maximum Gasteiger partial charge on any atom is 0.207 e. The Bertz CT molecular complexity index is 1390. The normalized spacial score (nSPS) is 12.7. The van der Waals surface area contributed by atoms with Gasteiger partial charge in [-0.3, -0.25) is 0 Å². The van der Waals surface area contributed by atoms with Crippen LogP contribution in [-0.4, -0.2) is 29.0 Å². The summed E-state index contributed by atoms with van der Waals surface area (Å²) in [6.45, 7) is 1.15. The maximum absolute atomic E-state index is 9.38. The summed E-state index contributed by atoms with van der Waals surface area (Å²) in [5, 5.41) is 9.95. The third-order valence-corrected chi connectivity index (χ3v) is 5.93. The fourth-order valence-corrected chi connectivity index (χ4v) is 4.26. The number of ether oxygens (including phenoxy) is 1. The van der Waals surface area contributed by atoms with Gasteiger partial charge >= 0.3 is 0 Å². The van der Waals surface area contributed by atoms with E-state index in [1.165, 1.54) is 0 Å². The lowest BCUT2D eigenvalue weighted by Gasteiger charge is -2.20. The summed E-state index contributed by atoms with van der Waals surface area (Å²) in [6.07, 6.45) is 3.82. The largest absolute Gasteiger partial charge is 0.491 e. The van der Waals surface area contributed by atoms with Gasteiger partial charge in [-0.1, -0.05) is 60.1 Å². The van der Waals surface area contributed by atoms with Gasteiger partial charge in [0.05, 0.1) is 22.8 Å². The van der Waals surface area contributed by atoms with E-state index in [1.807, 2.05) is 66.5 Å². The summed E-state index contributed by atoms with van der Waals surface area (Å²) in [7, 11) is 1.83. The number of aromatic nitrogens is 2. The van der Waals surface area contributed by atoms with Crippen molar-refractivity contribution in [3.63, 3.8) is 0 Å². The number of para-hydroxylation sites is 1. The second-order valence-corrected chi connectivity index (χ2v) is 8.02. The van der Waals surface area contributed by atoms with E-state index < -0.39 is 0 Å². The number of anilines is 1. The van der Waals surface area contributed by atoms with Gasteiger partial charge in [0.1, 0.15) is 23.9 Å². The molecule has 0 aliphatic carbocycles. The van der Waals surface area contributed by atoms with Gasteiger partial charge in [-0.15, -0.1) is 0 Å². The molecule has 1 aromatic heterocycles. The van der Waals surface area contributed by atoms with E-state index in [4.69, 9.17) is 21.3 Å². The molecule has 0 spiro atoms. The molecule has 4 aromatic rings. The van der Waals surface area contributed by atoms with Crippen molar-refractivity contribution >= 4 is 23.1 Å². The van der Waals surface area contributed by atoms with Gasteiger partial charge in [-0.25, -0.2) is 4.98 Å². The average Bonchev–Trinajstić information content (AvgIpc) is 3.19. The zero-order valence-corrected chi connectivity index (χ0v) is 18.7. The van der Waals surface area contributed by atoms with Gasteiger partial charge < -0.3 is 14.2 Å². The molecule has 0 atom stereocenters. The first-order valence-corrected chi connectivity index (χ1v) is 10.9. The van der Waals surface area contributed by atoms with Gasteiger partial charge in [0.2, 0.25) is 6.19 Å². The van der Waals surface area contributed by atoms with Crippen molar-refractivity contribution in [1.82, 2.24) is 9.55 Å². The average molecular weight is 454 g/mol. The monoisotopic (exact) mass is 453 g/mol. The van der Waals surface area contributed by atoms with Crippen LogP contribution in [0.3, 0.4) is 0 Å². The van der Waals surface area contributed by atoms with Gasteiger partial charge in [-0.05, 0) is 35.4 Å². The number of fused-ring (bicyclic) bond motifs is 3. The molecule has 162 valence electrons. The number of nitriles is 1. The van der Waals surface area contributed by atoms with Crippen LogP contribution in [0.1, 0.15) is 5.69 Å². The molecule has 2 heterocycles. The number of hydrogen-bond acceptors (Lipinski definition) is 4. The molecule has 7 heteroatoms. The number of halogens is 1. The molecule has 0 fully saturated rings. The highest BCUT2D eigenvalue weighted by Gasteiger charge is 2.23. The van der Waals surface area contributed by atoms with Crippen LogP contribution in [0, 0.1) is 11.5 Å². The zero-order chi connectivity index (χ0) is 22.8. The van der Waals surface area contributed by atoms with E-state index >= 15 is 0 Å². The lowest BCUT2D eigenvalue weighted by atomic mass is 10.0. The second kappa shape index (κ2) is 8.81. The highest BCUT2D eigenvalue weighted by molar-refractivity contribution is 6.34. The predicted octanol–water partition coefficient (Wildman–Crippen LogP) is 5.63. The Balaban J connectivity index is 1.60. The molecule has 0 unspecified atom stereocenters. The topological polar surface area (TPSA) is 66.4 Å². The number of imidazole rings is 1. The smallest absolute Gasteiger partial charge is 0.207 e. The summed E-state index contributed by atoms with van der Waals surface area (Å²) in [6, 6.07) is 23.8. The zero-order valence-electron chi connectivity index (χ0n) is 17.9. The first kappa shape index (κ1) is 20.8. The molecule has 1 aliphatic rings. The minimum atomic E-state index is 0.424. The van der Waals surface area contributed by atoms with Crippen LogP contribution in [0.4, 0.5) is 5.69 Å². The van der Waals surface area contributed by atoms with E-state index in [9.17, 15) is 5.26 Å². The number of benzene rings is 3. The summed E-state index contributed by atoms with van der Waals surface area (Å²) in [4.78, 5) is 10.8. The minimum Gasteiger partial charge on any atom is -0.491 e. The Kier molecular flexibility index (Phi) is 5.55. The van der Waals surface area contributed by atoms with Crippen molar-refractivity contribution in [1.29, 1.82) is 5.26 Å². The van der Waals surface area contributed by atoms with E-state index in [2.05, 4.69) is 29.3 Å². The Hall–Kier alpha value is -4.08. The van der Waals surface area contributed by atoms with Gasteiger partial charge in [-0.2, -0.15) is 10.3 Å². The molecule has 0 N–H and O–H groups in total. The molecule has 0 amide bonds. The van der Waals surface area contributed by atoms with Gasteiger partial charge in [0, 0.05) is 13.2 Å². The third-order valence-electron chi connectivity index (χ3n) is 5.61. The van der Waals surface area contributed by atoms with E-state index in [0.29, 0.717) is 29.7 Å². The molecule has 0 radical (unpaired) electrons. The molecule has 5 rings (SSSR count). The second-order valence-electron chi connectivity index (χ2n) is 7.61. The lowest BCUT2D eigenvalue weighted by Crippen LogP contribution is -2.28. The van der Waals surface area contributed by atoms with Gasteiger partial charge in [0.15, 0.2) is 5.84 Å². The van der Waals surface area contributed by atoms with Crippen molar-refractivity contribution < 1.29 is 4.74 Å². The number of aliphatic imine (C=N–C) groups is 1. The molecule has 3 aromatic carbocycles. The number of hydrogen-bond donors (Lipinski definition) is 0. The van der Waals surface area contributed by atoms with Crippen LogP contribution in [0.25, 0.3) is 22.5 Å². The fourth-order valence-electron chi connectivity index (χ4n) is 3.99. The third kappa shape index (κ3) is 3.95. The molecule has 6 nitrogen and oxygen atoms in total. The molecular formula is C26H20ClN5O. The van der Waals surface area contributed by atoms with Crippen LogP contribution in [0.5, 0.6) is 5.75 Å². The molecule has 0 saturated heterocycles. The first-order chi connectivity index (χ1) is 16.2. The van der Waals surface area contributed by atoms with E-state index in [1.54, 1.807) is 11.0 Å². The summed E-state index contributed by atoms with van der Waals surface area (Å²) >= 11 is 6.39. The standard InChI is InChI=1S/C26H20ClN5O/c1-31(23-10-6-5-9-21(23)27)26(29-17-28)22-16-32-13-14-33-24-12-11-19(15-20(24)25(32)30-22)18-7-3-2-4-8-18/h2-12,15-16H,13-14H2,1H3. The quantitative estimate of drug-likeness (QED) is 0.229. The van der Waals surface area contributed by atoms with Crippen LogP contribution in [0.15, 0.2) is 84.0 Å². The first-order valence-electron chi connectivity index (χ1n) is 10.5. The Morgan fingerprint density at radius 1 is 1.09 bits per heavy atom. The van der Waals surface area contributed by atoms with Gasteiger partial charge in [0.25, 0.3) is 0 Å². The molecule has 0 bridgehead atoms. The van der Waals surface area contributed by atoms with E-state index in [0.717, 1.165) is 34.0 Å². The predicted molar refractivity (Wildman–Crippen MR) is 131 cm³/mol. The molecule has 0 saturated carbocycles. The van der Waals surface area contributed by atoms with Crippen LogP contribution >= 0.6 is 11.6 Å². The maximum atomic E-state index is 9.38. The number of nitrogens with zero attached hydrogens (tertiary/aromatic N) is 5. The van der Waals surface area contributed by atoms with Crippen molar-refractivity contribution in [3.05, 3.63) is 89.7 Å². The van der Waals surface area contributed by atoms with Crippen molar-refractivity contribution in [2.45, 2.75) is 6.54 Å². The summed E-state index contributed by atoms with van der Waals surface area (Å²) in [5.74, 6) is 1.98. The van der Waals surface area contributed by atoms with Crippen LogP contribution in [0.2, 0.25) is 5.02 Å². The Morgan fingerprint density at radius 3 is 2.67 bits per heavy atom. The van der Waals surface area contributed by atoms with Crippen molar-refractivity contribution in [3.8, 4) is 34.5 Å². The van der Waals surface area contributed by atoms with Crippen molar-refractivity contribution in [2.75, 3.05) is 18.6 Å². The highest BCUT2D eigenvalue weighted by Crippen LogP contribution is 2.36. The van der Waals surface area contributed by atoms with Crippen molar-refractivity contribution in [2.24, 2.45) is 4.99 Å². The highest BCUT2D eigenvalue weighted by atomic mass is 35.5. The fraction of sp³-hybridized carbons (Fsp3) is 0.115. The lowest BCUT2D eigenvalue weighted by molar-refractivity contribution is 0.306. The van der Waals surface area contributed by atoms with Crippen LogP contribution < -0.4 is 9.64 Å². The summed E-state index contributed by atoms with van der Waals surface area (Å²) in [5.41, 5.74) is 4.43. The Morgan fingerprint density at radius 2 is 1.88 bits per heavy atom. The van der Waals surface area contributed by atoms with Crippen LogP contribution in [-0.2, 0) is 6.54 Å². The number of amidine groups is 1. The molecule has 1 aliphatic heterocycles. The summed E-state index contributed by atoms with van der Waals surface area (Å²) < 4.78 is 8.03. The Labute approximate surface area is 197 Å². The van der Waals surface area contributed by atoms with E-state index in [-0.39, 0.29) is 0 Å². The molecular weight excluding hydrogens is 434 g/mol.